The lowest BCUT2D eigenvalue weighted by atomic mass is 10.1. The van der Waals surface area contributed by atoms with Gasteiger partial charge in [0.2, 0.25) is 0 Å². The van der Waals surface area contributed by atoms with Gasteiger partial charge in [0.05, 0.1) is 39.7 Å². The van der Waals surface area contributed by atoms with Gasteiger partial charge >= 0.3 is 0 Å². The summed E-state index contributed by atoms with van der Waals surface area (Å²) in [6.07, 6.45) is 7.11. The number of amides is 1. The summed E-state index contributed by atoms with van der Waals surface area (Å²) in [7, 11) is 0. The minimum atomic E-state index is -0.385. The van der Waals surface area contributed by atoms with E-state index in [9.17, 15) is 4.79 Å². The van der Waals surface area contributed by atoms with Gasteiger partial charge in [0.15, 0.2) is 0 Å². The van der Waals surface area contributed by atoms with E-state index in [0.717, 1.165) is 15.4 Å². The van der Waals surface area contributed by atoms with Crippen molar-refractivity contribution in [3.63, 3.8) is 0 Å². The van der Waals surface area contributed by atoms with Crippen molar-refractivity contribution >= 4 is 61.6 Å². The minimum Gasteiger partial charge on any atom is -0.333 e. The zero-order valence-electron chi connectivity index (χ0n) is 14.4. The van der Waals surface area contributed by atoms with E-state index in [1.54, 1.807) is 43.0 Å². The lowest BCUT2D eigenvalue weighted by Crippen LogP contribution is -2.14. The first-order valence-electron chi connectivity index (χ1n) is 8.32. The number of para-hydroxylation sites is 1. The van der Waals surface area contributed by atoms with E-state index in [1.807, 2.05) is 22.9 Å². The number of halogens is 3. The average molecular weight is 476 g/mol. The van der Waals surface area contributed by atoms with Crippen molar-refractivity contribution in [3.05, 3.63) is 87.0 Å². The molecular weight excluding hydrogens is 463 g/mol. The topological polar surface area (TPSA) is 59.8 Å². The molecule has 4 aromatic rings. The molecule has 1 amide bonds. The summed E-state index contributed by atoms with van der Waals surface area (Å²) < 4.78 is 2.85. The Kier molecular flexibility index (Phi) is 5.35. The van der Waals surface area contributed by atoms with Crippen LogP contribution in [0.15, 0.2) is 65.8 Å². The number of carbonyl (C=O) groups is 1. The molecule has 4 rings (SSSR count). The number of rotatable bonds is 4. The number of benzene rings is 2. The summed E-state index contributed by atoms with van der Waals surface area (Å²) in [5.41, 5.74) is 2.53. The van der Waals surface area contributed by atoms with Crippen LogP contribution in [-0.4, -0.2) is 20.4 Å². The van der Waals surface area contributed by atoms with Gasteiger partial charge in [0, 0.05) is 28.4 Å². The van der Waals surface area contributed by atoms with Crippen LogP contribution < -0.4 is 5.32 Å². The van der Waals surface area contributed by atoms with Gasteiger partial charge < -0.3 is 9.88 Å². The second-order valence-electron chi connectivity index (χ2n) is 6.07. The molecule has 2 aromatic carbocycles. The predicted octanol–water partition coefficient (Wildman–Crippen LogP) is 5.80. The molecule has 0 bridgehead atoms. The minimum absolute atomic E-state index is 0.235. The van der Waals surface area contributed by atoms with E-state index in [-0.39, 0.29) is 11.5 Å². The fourth-order valence-electron chi connectivity index (χ4n) is 2.98. The lowest BCUT2D eigenvalue weighted by molar-refractivity contribution is 0.102. The van der Waals surface area contributed by atoms with Gasteiger partial charge in [-0.1, -0.05) is 41.4 Å². The largest absolute Gasteiger partial charge is 0.333 e. The molecule has 0 aliphatic rings. The Morgan fingerprint density at radius 2 is 1.89 bits per heavy atom. The van der Waals surface area contributed by atoms with Gasteiger partial charge in [0.1, 0.15) is 0 Å². The molecule has 140 valence electrons. The molecule has 0 atom stereocenters. The lowest BCUT2D eigenvalue weighted by Gasteiger charge is -2.14. The molecule has 5 nitrogen and oxygen atoms in total. The monoisotopic (exact) mass is 474 g/mol. The zero-order chi connectivity index (χ0) is 19.7. The maximum atomic E-state index is 12.8. The molecular formula is C20H13BrCl2N4O. The zero-order valence-corrected chi connectivity index (χ0v) is 17.5. The highest BCUT2D eigenvalue weighted by Gasteiger charge is 2.17. The Morgan fingerprint density at radius 1 is 1.14 bits per heavy atom. The van der Waals surface area contributed by atoms with Crippen LogP contribution in [-0.2, 0) is 6.54 Å². The maximum absolute atomic E-state index is 12.8. The number of anilines is 1. The third kappa shape index (κ3) is 3.63. The van der Waals surface area contributed by atoms with Crippen molar-refractivity contribution < 1.29 is 4.79 Å². The number of aromatic nitrogens is 3. The second kappa shape index (κ2) is 7.91. The summed E-state index contributed by atoms with van der Waals surface area (Å²) >= 11 is 15.9. The van der Waals surface area contributed by atoms with Gasteiger partial charge in [0.25, 0.3) is 5.91 Å². The molecule has 0 aliphatic heterocycles. The van der Waals surface area contributed by atoms with Crippen molar-refractivity contribution in [1.29, 1.82) is 0 Å². The average Bonchev–Trinajstić information content (AvgIpc) is 3.17. The summed E-state index contributed by atoms with van der Waals surface area (Å²) in [5.74, 6) is -0.385. The Balaban J connectivity index is 1.75. The number of pyridine rings is 1. The Hall–Kier alpha value is -2.41. The molecule has 0 aliphatic carbocycles. The molecule has 0 saturated carbocycles. The van der Waals surface area contributed by atoms with Crippen molar-refractivity contribution in [3.8, 4) is 0 Å². The Morgan fingerprint density at radius 3 is 2.61 bits per heavy atom. The van der Waals surface area contributed by atoms with Crippen LogP contribution in [0.25, 0.3) is 10.9 Å². The second-order valence-corrected chi connectivity index (χ2v) is 7.74. The molecule has 2 heterocycles. The quantitative estimate of drug-likeness (QED) is 0.405. The molecule has 2 aromatic heterocycles. The standard InChI is InChI=1S/C20H13BrCl2N4O/c21-14-9-25-19-12(13(14)10-27-8-7-24-11-27)3-1-6-17(19)26-20(28)18-15(22)4-2-5-16(18)23/h1-9,11H,10H2,(H,26,28). The third-order valence-corrected chi connectivity index (χ3v) is 5.61. The normalized spacial score (nSPS) is 11.0. The highest BCUT2D eigenvalue weighted by atomic mass is 79.9. The van der Waals surface area contributed by atoms with Crippen molar-refractivity contribution in [2.45, 2.75) is 6.54 Å². The SMILES string of the molecule is O=C(Nc1cccc2c(Cn3ccnc3)c(Br)cnc12)c1c(Cl)cccc1Cl. The van der Waals surface area contributed by atoms with E-state index in [1.165, 1.54) is 0 Å². The molecule has 0 fully saturated rings. The van der Waals surface area contributed by atoms with E-state index in [4.69, 9.17) is 23.2 Å². The van der Waals surface area contributed by atoms with Gasteiger partial charge in [-0.25, -0.2) is 4.98 Å². The molecule has 8 heteroatoms. The van der Waals surface area contributed by atoms with Crippen LogP contribution in [0, 0.1) is 0 Å². The molecule has 0 unspecified atom stereocenters. The van der Waals surface area contributed by atoms with Crippen LogP contribution in [0.5, 0.6) is 0 Å². The first-order valence-corrected chi connectivity index (χ1v) is 9.86. The number of nitrogens with one attached hydrogen (secondary N) is 1. The molecule has 0 saturated heterocycles. The van der Waals surface area contributed by atoms with Gasteiger partial charge in [-0.15, -0.1) is 0 Å². The first-order chi connectivity index (χ1) is 13.5. The molecule has 0 radical (unpaired) electrons. The van der Waals surface area contributed by atoms with Crippen molar-refractivity contribution in [2.24, 2.45) is 0 Å². The molecule has 1 N–H and O–H groups in total. The number of hydrogen-bond acceptors (Lipinski definition) is 3. The van der Waals surface area contributed by atoms with Crippen LogP contribution in [0.1, 0.15) is 15.9 Å². The summed E-state index contributed by atoms with van der Waals surface area (Å²) in [6, 6.07) is 10.6. The molecule has 28 heavy (non-hydrogen) atoms. The summed E-state index contributed by atoms with van der Waals surface area (Å²) in [5, 5.41) is 4.39. The van der Waals surface area contributed by atoms with Gasteiger partial charge in [-0.3, -0.25) is 9.78 Å². The highest BCUT2D eigenvalue weighted by Crippen LogP contribution is 2.31. The van der Waals surface area contributed by atoms with Gasteiger partial charge in [-0.2, -0.15) is 0 Å². The third-order valence-electron chi connectivity index (χ3n) is 4.29. The van der Waals surface area contributed by atoms with E-state index >= 15 is 0 Å². The van der Waals surface area contributed by atoms with Crippen LogP contribution in [0.3, 0.4) is 0 Å². The fourth-order valence-corrected chi connectivity index (χ4v) is 3.99. The number of nitrogens with zero attached hydrogens (tertiary/aromatic N) is 3. The number of imidazole rings is 1. The van der Waals surface area contributed by atoms with Crippen LogP contribution in [0.4, 0.5) is 5.69 Å². The summed E-state index contributed by atoms with van der Waals surface area (Å²) in [6.45, 7) is 0.618. The fraction of sp³-hybridized carbons (Fsp3) is 0.0500. The maximum Gasteiger partial charge on any atom is 0.258 e. The Bertz CT molecular complexity index is 1160. The predicted molar refractivity (Wildman–Crippen MR) is 115 cm³/mol. The van der Waals surface area contributed by atoms with E-state index in [2.05, 4.69) is 31.2 Å². The van der Waals surface area contributed by atoms with Crippen molar-refractivity contribution in [2.75, 3.05) is 5.32 Å². The van der Waals surface area contributed by atoms with Gasteiger partial charge in [-0.05, 0) is 39.7 Å². The van der Waals surface area contributed by atoms with Crippen LogP contribution >= 0.6 is 39.1 Å². The van der Waals surface area contributed by atoms with Crippen LogP contribution in [0.2, 0.25) is 10.0 Å². The summed E-state index contributed by atoms with van der Waals surface area (Å²) in [4.78, 5) is 21.4. The first kappa shape index (κ1) is 18.9. The Labute approximate surface area is 179 Å². The van der Waals surface area contributed by atoms with E-state index < -0.39 is 0 Å². The van der Waals surface area contributed by atoms with E-state index in [0.29, 0.717) is 27.8 Å². The van der Waals surface area contributed by atoms with Crippen molar-refractivity contribution in [1.82, 2.24) is 14.5 Å². The number of carbonyl (C=O) groups excluding carboxylic acids is 1. The molecule has 0 spiro atoms. The number of fused-ring (bicyclic) bond motifs is 1. The number of hydrogen-bond donors (Lipinski definition) is 1. The smallest absolute Gasteiger partial charge is 0.258 e. The highest BCUT2D eigenvalue weighted by molar-refractivity contribution is 9.10.